The minimum absolute atomic E-state index is 0.0686. The number of thiophene rings is 1. The van der Waals surface area contributed by atoms with Gasteiger partial charge in [-0.3, -0.25) is 4.79 Å². The van der Waals surface area contributed by atoms with Crippen molar-refractivity contribution in [3.63, 3.8) is 0 Å². The first kappa shape index (κ1) is 19.2. The van der Waals surface area contributed by atoms with E-state index in [1.54, 1.807) is 11.3 Å². The van der Waals surface area contributed by atoms with Crippen LogP contribution in [0, 0.1) is 12.8 Å². The zero-order chi connectivity index (χ0) is 19.8. The fraction of sp³-hybridized carbons (Fsp3) is 0.381. The summed E-state index contributed by atoms with van der Waals surface area (Å²) in [6.45, 7) is 6.13. The monoisotopic (exact) mass is 412 g/mol. The van der Waals surface area contributed by atoms with Crippen LogP contribution in [-0.4, -0.2) is 21.1 Å². The first-order chi connectivity index (χ1) is 13.4. The predicted octanol–water partition coefficient (Wildman–Crippen LogP) is 4.83. The molecule has 146 valence electrons. The van der Waals surface area contributed by atoms with Crippen LogP contribution in [0.3, 0.4) is 0 Å². The second-order valence-electron chi connectivity index (χ2n) is 7.49. The second kappa shape index (κ2) is 7.72. The minimum atomic E-state index is -0.328. The molecule has 0 aliphatic heterocycles. The Morgan fingerprint density at radius 1 is 1.36 bits per heavy atom. The molecule has 2 heterocycles. The Morgan fingerprint density at radius 3 is 2.93 bits per heavy atom. The number of aromatic nitrogens is 2. The molecule has 3 N–H and O–H groups in total. The molecule has 0 fully saturated rings. The van der Waals surface area contributed by atoms with Gasteiger partial charge in [-0.1, -0.05) is 36.9 Å². The standard InChI is InChI=1S/C21H24N4OS2/c1-11-8-9-14-16(10-11)28-20-17(14)18(22)24-21(25-20)27-13(3)19(26)23-15-7-5-4-6-12(15)2/h4-7,11,13H,8-10H2,1-3H3,(H,23,26)(H2,22,24,25). The summed E-state index contributed by atoms with van der Waals surface area (Å²) in [5.41, 5.74) is 9.49. The molecule has 1 aliphatic carbocycles. The maximum absolute atomic E-state index is 12.6. The molecule has 1 aromatic carbocycles. The van der Waals surface area contributed by atoms with Crippen LogP contribution in [0.5, 0.6) is 0 Å². The lowest BCUT2D eigenvalue weighted by atomic mass is 9.89. The number of hydrogen-bond acceptors (Lipinski definition) is 6. The quantitative estimate of drug-likeness (QED) is 0.474. The molecule has 4 rings (SSSR count). The Balaban J connectivity index is 1.54. The number of nitrogens with two attached hydrogens (primary N) is 1. The van der Waals surface area contributed by atoms with Crippen molar-refractivity contribution in [2.24, 2.45) is 5.92 Å². The molecule has 0 spiro atoms. The Morgan fingerprint density at radius 2 is 2.14 bits per heavy atom. The lowest BCUT2D eigenvalue weighted by molar-refractivity contribution is -0.115. The number of carbonyl (C=O) groups excluding carboxylic acids is 1. The summed E-state index contributed by atoms with van der Waals surface area (Å²) in [6.07, 6.45) is 3.32. The predicted molar refractivity (Wildman–Crippen MR) is 118 cm³/mol. The molecule has 28 heavy (non-hydrogen) atoms. The van der Waals surface area contributed by atoms with E-state index in [1.807, 2.05) is 38.1 Å². The van der Waals surface area contributed by atoms with E-state index in [-0.39, 0.29) is 11.2 Å². The van der Waals surface area contributed by atoms with Gasteiger partial charge in [0.1, 0.15) is 10.6 Å². The van der Waals surface area contributed by atoms with E-state index in [0.717, 1.165) is 34.3 Å². The number of para-hydroxylation sites is 1. The van der Waals surface area contributed by atoms with Crippen molar-refractivity contribution in [3.05, 3.63) is 40.3 Å². The van der Waals surface area contributed by atoms with Crippen molar-refractivity contribution >= 4 is 50.7 Å². The molecule has 0 bridgehead atoms. The van der Waals surface area contributed by atoms with Crippen LogP contribution >= 0.6 is 23.1 Å². The van der Waals surface area contributed by atoms with Crippen LogP contribution in [0.1, 0.15) is 36.3 Å². The molecule has 0 saturated heterocycles. The number of thioether (sulfide) groups is 1. The highest BCUT2D eigenvalue weighted by Gasteiger charge is 2.24. The summed E-state index contributed by atoms with van der Waals surface area (Å²) in [7, 11) is 0. The highest BCUT2D eigenvalue weighted by molar-refractivity contribution is 8.00. The number of amides is 1. The second-order valence-corrected chi connectivity index (χ2v) is 9.88. The van der Waals surface area contributed by atoms with Crippen molar-refractivity contribution in [1.29, 1.82) is 0 Å². The zero-order valence-corrected chi connectivity index (χ0v) is 17.9. The van der Waals surface area contributed by atoms with E-state index < -0.39 is 0 Å². The third kappa shape index (κ3) is 3.73. The summed E-state index contributed by atoms with van der Waals surface area (Å²) >= 11 is 3.07. The summed E-state index contributed by atoms with van der Waals surface area (Å²) in [5, 5.41) is 4.24. The van der Waals surface area contributed by atoms with E-state index in [1.165, 1.54) is 28.6 Å². The minimum Gasteiger partial charge on any atom is -0.383 e. The Bertz CT molecular complexity index is 1050. The molecule has 2 aromatic heterocycles. The van der Waals surface area contributed by atoms with Gasteiger partial charge in [0.05, 0.1) is 10.6 Å². The lowest BCUT2D eigenvalue weighted by Crippen LogP contribution is -2.23. The molecule has 3 aromatic rings. The SMILES string of the molecule is Cc1ccccc1NC(=O)C(C)Sc1nc(N)c2c3c(sc2n1)CC(C)CC3. The third-order valence-corrected chi connectivity index (χ3v) is 7.33. The lowest BCUT2D eigenvalue weighted by Gasteiger charge is -2.17. The highest BCUT2D eigenvalue weighted by Crippen LogP contribution is 2.40. The highest BCUT2D eigenvalue weighted by atomic mass is 32.2. The number of fused-ring (bicyclic) bond motifs is 3. The van der Waals surface area contributed by atoms with Gasteiger partial charge in [-0.05, 0) is 56.2 Å². The normalized spacial score (nSPS) is 17.3. The fourth-order valence-electron chi connectivity index (χ4n) is 3.56. The Kier molecular flexibility index (Phi) is 5.29. The average Bonchev–Trinajstić information content (AvgIpc) is 3.01. The van der Waals surface area contributed by atoms with Gasteiger partial charge in [0, 0.05) is 10.6 Å². The van der Waals surface area contributed by atoms with Gasteiger partial charge in [0.25, 0.3) is 0 Å². The van der Waals surface area contributed by atoms with Crippen LogP contribution in [-0.2, 0) is 17.6 Å². The first-order valence-corrected chi connectivity index (χ1v) is 11.2. The maximum atomic E-state index is 12.6. The van der Waals surface area contributed by atoms with Gasteiger partial charge in [-0.15, -0.1) is 11.3 Å². The fourth-order valence-corrected chi connectivity index (χ4v) is 5.79. The smallest absolute Gasteiger partial charge is 0.237 e. The van der Waals surface area contributed by atoms with Crippen LogP contribution in [0.25, 0.3) is 10.2 Å². The molecular formula is C21H24N4OS2. The van der Waals surface area contributed by atoms with Crippen molar-refractivity contribution in [3.8, 4) is 0 Å². The Labute approximate surface area is 173 Å². The van der Waals surface area contributed by atoms with Crippen LogP contribution in [0.15, 0.2) is 29.4 Å². The van der Waals surface area contributed by atoms with Gasteiger partial charge in [-0.2, -0.15) is 0 Å². The van der Waals surface area contributed by atoms with E-state index in [0.29, 0.717) is 16.9 Å². The number of nitrogens with one attached hydrogen (secondary N) is 1. The number of anilines is 2. The number of nitrogens with zero attached hydrogens (tertiary/aromatic N) is 2. The molecular weight excluding hydrogens is 388 g/mol. The Hall–Kier alpha value is -2.12. The molecule has 0 saturated carbocycles. The summed E-state index contributed by atoms with van der Waals surface area (Å²) < 4.78 is 0. The van der Waals surface area contributed by atoms with Gasteiger partial charge < -0.3 is 11.1 Å². The number of aryl methyl sites for hydroxylation is 2. The first-order valence-electron chi connectivity index (χ1n) is 9.53. The van der Waals surface area contributed by atoms with E-state index >= 15 is 0 Å². The molecule has 1 amide bonds. The van der Waals surface area contributed by atoms with Crippen LogP contribution in [0.2, 0.25) is 0 Å². The molecule has 2 unspecified atom stereocenters. The number of nitrogen functional groups attached to an aromatic ring is 1. The topological polar surface area (TPSA) is 80.9 Å². The molecule has 1 aliphatic rings. The van der Waals surface area contributed by atoms with Crippen molar-refractivity contribution in [1.82, 2.24) is 9.97 Å². The van der Waals surface area contributed by atoms with E-state index in [2.05, 4.69) is 17.2 Å². The number of rotatable bonds is 4. The third-order valence-electron chi connectivity index (χ3n) is 5.22. The largest absolute Gasteiger partial charge is 0.383 e. The molecule has 5 nitrogen and oxygen atoms in total. The average molecular weight is 413 g/mol. The molecule has 2 atom stereocenters. The summed E-state index contributed by atoms with van der Waals surface area (Å²) in [6, 6.07) is 7.75. The van der Waals surface area contributed by atoms with Gasteiger partial charge in [-0.25, -0.2) is 9.97 Å². The van der Waals surface area contributed by atoms with Crippen molar-refractivity contribution in [2.75, 3.05) is 11.1 Å². The number of carbonyl (C=O) groups is 1. The summed E-state index contributed by atoms with van der Waals surface area (Å²) in [4.78, 5) is 24.2. The van der Waals surface area contributed by atoms with E-state index in [4.69, 9.17) is 10.7 Å². The van der Waals surface area contributed by atoms with Gasteiger partial charge in [0.2, 0.25) is 5.91 Å². The number of hydrogen-bond donors (Lipinski definition) is 2. The molecule has 7 heteroatoms. The van der Waals surface area contributed by atoms with Crippen molar-refractivity contribution in [2.45, 2.75) is 50.4 Å². The van der Waals surface area contributed by atoms with Crippen LogP contribution < -0.4 is 11.1 Å². The number of benzene rings is 1. The van der Waals surface area contributed by atoms with Gasteiger partial charge in [0.15, 0.2) is 5.16 Å². The molecule has 0 radical (unpaired) electrons. The van der Waals surface area contributed by atoms with Crippen molar-refractivity contribution < 1.29 is 4.79 Å². The van der Waals surface area contributed by atoms with Gasteiger partial charge >= 0.3 is 0 Å². The van der Waals surface area contributed by atoms with E-state index in [9.17, 15) is 4.79 Å². The summed E-state index contributed by atoms with van der Waals surface area (Å²) in [5.74, 6) is 1.17. The van der Waals surface area contributed by atoms with Crippen LogP contribution in [0.4, 0.5) is 11.5 Å². The zero-order valence-electron chi connectivity index (χ0n) is 16.3. The maximum Gasteiger partial charge on any atom is 0.237 e.